The Bertz CT molecular complexity index is 3530. The number of esters is 2. The molecule has 0 unspecified atom stereocenters. The van der Waals surface area contributed by atoms with Crippen molar-refractivity contribution in [1.29, 1.82) is 0 Å². The van der Waals surface area contributed by atoms with Crippen molar-refractivity contribution in [3.8, 4) is 11.1 Å². The molecule has 0 saturated carbocycles. The summed E-state index contributed by atoms with van der Waals surface area (Å²) in [4.78, 5) is 163. The summed E-state index contributed by atoms with van der Waals surface area (Å²) in [6.07, 6.45) is -3.69. The number of fused-ring (bicyclic) bond motifs is 3. The van der Waals surface area contributed by atoms with Crippen molar-refractivity contribution >= 4 is 71.3 Å². The molecule has 9 amide bonds. The highest BCUT2D eigenvalue weighted by Crippen LogP contribution is 2.44. The number of nitrogens with one attached hydrogen (secondary N) is 9. The molecule has 97 heavy (non-hydrogen) atoms. The number of hydrogen-bond donors (Lipinski definition) is 11. The zero-order chi connectivity index (χ0) is 71.3. The molecule has 0 spiro atoms. The van der Waals surface area contributed by atoms with Gasteiger partial charge in [0.15, 0.2) is 5.72 Å². The molecule has 0 bridgehead atoms. The number of imide groups is 1. The van der Waals surface area contributed by atoms with Crippen LogP contribution in [0.25, 0.3) is 11.1 Å². The number of alkyl carbamates (subject to hydrolysis) is 1. The van der Waals surface area contributed by atoms with E-state index in [0.29, 0.717) is 16.7 Å². The van der Waals surface area contributed by atoms with E-state index in [2.05, 4.69) is 54.6 Å². The molecule has 6 atom stereocenters. The number of benzene rings is 5. The average Bonchev–Trinajstić information content (AvgIpc) is 1.72. The van der Waals surface area contributed by atoms with E-state index in [1.807, 2.05) is 103 Å². The van der Waals surface area contributed by atoms with E-state index < -0.39 is 163 Å². The van der Waals surface area contributed by atoms with Crippen LogP contribution in [0.15, 0.2) is 152 Å². The van der Waals surface area contributed by atoms with Crippen LogP contribution < -0.4 is 53.8 Å². The third-order valence-corrected chi connectivity index (χ3v) is 14.9. The molecule has 0 fully saturated rings. The molecule has 0 aliphatic heterocycles. The molecule has 516 valence electrons. The maximum atomic E-state index is 14.3. The first kappa shape index (κ1) is 75.4. The molecule has 1 aliphatic rings. The largest absolute Gasteiger partial charge is 0.481 e. The van der Waals surface area contributed by atoms with Crippen molar-refractivity contribution in [2.24, 2.45) is 5.73 Å². The van der Waals surface area contributed by atoms with Crippen molar-refractivity contribution < 1.29 is 81.6 Å². The van der Waals surface area contributed by atoms with Gasteiger partial charge in [0.05, 0.1) is 32.4 Å². The molecule has 0 radical (unpaired) electrons. The summed E-state index contributed by atoms with van der Waals surface area (Å²) in [7, 11) is 0. The Morgan fingerprint density at radius 3 is 1.45 bits per heavy atom. The molecule has 6 rings (SSSR count). The van der Waals surface area contributed by atoms with Gasteiger partial charge in [-0.05, 0) is 94.3 Å². The Labute approximate surface area is 561 Å². The first-order chi connectivity index (χ1) is 45.8. The molecule has 0 saturated heterocycles. The quantitative estimate of drug-likeness (QED) is 0.00728. The summed E-state index contributed by atoms with van der Waals surface area (Å²) >= 11 is 0. The van der Waals surface area contributed by atoms with Gasteiger partial charge in [-0.2, -0.15) is 0 Å². The molecule has 27 heteroatoms. The lowest BCUT2D eigenvalue weighted by Gasteiger charge is -2.37. The third-order valence-electron chi connectivity index (χ3n) is 14.9. The summed E-state index contributed by atoms with van der Waals surface area (Å²) in [5, 5.41) is 25.6. The topological polar surface area (TPSA) is 396 Å². The minimum Gasteiger partial charge on any atom is -0.481 e. The van der Waals surface area contributed by atoms with E-state index >= 15 is 0 Å². The summed E-state index contributed by atoms with van der Waals surface area (Å²) in [6.45, 7) is 13.7. The zero-order valence-electron chi connectivity index (χ0n) is 55.2. The number of hydrazine groups is 1. The van der Waals surface area contributed by atoms with Gasteiger partial charge in [0.2, 0.25) is 35.4 Å². The minimum atomic E-state index is -2.41. The van der Waals surface area contributed by atoms with Crippen molar-refractivity contribution in [3.05, 3.63) is 180 Å². The normalized spacial score (nSPS) is 14.0. The average molecular weight is 1340 g/mol. The van der Waals surface area contributed by atoms with Crippen LogP contribution in [0, 0.1) is 0 Å². The lowest BCUT2D eigenvalue weighted by molar-refractivity contribution is -0.157. The predicted molar refractivity (Wildman–Crippen MR) is 353 cm³/mol. The van der Waals surface area contributed by atoms with Gasteiger partial charge in [-0.3, -0.25) is 69.2 Å². The molecule has 0 heterocycles. The van der Waals surface area contributed by atoms with Crippen molar-refractivity contribution in [1.82, 2.24) is 48.1 Å². The Morgan fingerprint density at radius 2 is 0.990 bits per heavy atom. The lowest BCUT2D eigenvalue weighted by atomic mass is 9.77. The number of ether oxygens (including phenoxy) is 4. The number of hydrogen-bond acceptors (Lipinski definition) is 18. The summed E-state index contributed by atoms with van der Waals surface area (Å²) in [5.74, 6) is -12.5. The van der Waals surface area contributed by atoms with Gasteiger partial charge in [0.1, 0.15) is 53.6 Å². The van der Waals surface area contributed by atoms with Gasteiger partial charge in [0.25, 0.3) is 11.8 Å². The Balaban J connectivity index is 1.16. The van der Waals surface area contributed by atoms with Crippen molar-refractivity contribution in [3.63, 3.8) is 0 Å². The summed E-state index contributed by atoms with van der Waals surface area (Å²) in [6, 6.07) is 33.9. The second-order valence-electron chi connectivity index (χ2n) is 24.9. The molecule has 0 aromatic heterocycles. The smallest absolute Gasteiger partial charge is 0.413 e. The fourth-order valence-electron chi connectivity index (χ4n) is 10.4. The minimum absolute atomic E-state index is 0.127. The number of carboxylic acids is 1. The van der Waals surface area contributed by atoms with E-state index in [1.165, 1.54) is 33.8 Å². The van der Waals surface area contributed by atoms with E-state index in [1.54, 1.807) is 57.2 Å². The SMILES string of the molecule is C=CCO[C@](N)(CCC(=O)O)C(=O)N[C@H](CC(=O)NNC(c1ccccc1)(c1ccccc1)c1ccccc1)C(=O)NCC(=O)N[C@@H](CC(=O)OC(C)(C)C)C(=O)N[C@H](C)C(=O)N[C@@H](CC(=O)OC(C)(C)C)C(=O)N[C@@H](C)C(=O)NC(=O)OCC1c2ccccc2-c2ccccc21. The number of nitrogens with two attached hydrogens (primary N) is 1. The molecular weight excluding hydrogens is 1250 g/mol. The Kier molecular flexibility index (Phi) is 26.5. The van der Waals surface area contributed by atoms with Crippen molar-refractivity contribution in [2.75, 3.05) is 19.8 Å². The van der Waals surface area contributed by atoms with Gasteiger partial charge < -0.3 is 56.0 Å². The second-order valence-corrected chi connectivity index (χ2v) is 24.9. The van der Waals surface area contributed by atoms with Crippen molar-refractivity contribution in [2.45, 2.75) is 146 Å². The number of carbonyl (C=O) groups is 12. The fourth-order valence-corrected chi connectivity index (χ4v) is 10.4. The maximum Gasteiger partial charge on any atom is 0.413 e. The number of carbonyl (C=O) groups excluding carboxylic acids is 11. The number of aliphatic carboxylic acids is 1. The molecule has 12 N–H and O–H groups in total. The fraction of sp³-hybridized carbons (Fsp3) is 0.371. The Morgan fingerprint density at radius 1 is 0.546 bits per heavy atom. The first-order valence-electron chi connectivity index (χ1n) is 31.2. The van der Waals surface area contributed by atoms with E-state index in [9.17, 15) is 62.6 Å². The highest BCUT2D eigenvalue weighted by atomic mass is 16.6. The van der Waals surface area contributed by atoms with Crippen LogP contribution in [-0.2, 0) is 77.2 Å². The second kappa shape index (κ2) is 34.2. The molecule has 1 aliphatic carbocycles. The Hall–Kier alpha value is -10.6. The lowest BCUT2D eigenvalue weighted by Crippen LogP contribution is -2.62. The summed E-state index contributed by atoms with van der Waals surface area (Å²) < 4.78 is 21.8. The van der Waals surface area contributed by atoms with E-state index in [0.717, 1.165) is 29.2 Å². The van der Waals surface area contributed by atoms with Gasteiger partial charge in [-0.15, -0.1) is 6.58 Å². The highest BCUT2D eigenvalue weighted by Gasteiger charge is 2.41. The van der Waals surface area contributed by atoms with Gasteiger partial charge in [-0.25, -0.2) is 10.2 Å². The van der Waals surface area contributed by atoms with Crippen LogP contribution in [0.1, 0.15) is 121 Å². The van der Waals surface area contributed by atoms with E-state index in [-0.39, 0.29) is 19.1 Å². The van der Waals surface area contributed by atoms with E-state index in [4.69, 9.17) is 24.7 Å². The van der Waals surface area contributed by atoms with Crippen LogP contribution in [0.2, 0.25) is 0 Å². The molecule has 27 nitrogen and oxygen atoms in total. The number of rotatable bonds is 32. The number of amides is 9. The van der Waals surface area contributed by atoms with Crippen LogP contribution >= 0.6 is 0 Å². The van der Waals surface area contributed by atoms with Gasteiger partial charge in [-0.1, -0.05) is 146 Å². The third kappa shape index (κ3) is 22.0. The van der Waals surface area contributed by atoms with Crippen LogP contribution in [-0.4, -0.2) is 143 Å². The monoisotopic (exact) mass is 1340 g/mol. The van der Waals surface area contributed by atoms with Gasteiger partial charge >= 0.3 is 24.0 Å². The summed E-state index contributed by atoms with van der Waals surface area (Å²) in [5.41, 5.74) is 12.2. The van der Waals surface area contributed by atoms with Crippen LogP contribution in [0.4, 0.5) is 4.79 Å². The van der Waals surface area contributed by atoms with Crippen LogP contribution in [0.5, 0.6) is 0 Å². The molecule has 5 aromatic carbocycles. The molecular formula is C70H84N10O17. The zero-order valence-corrected chi connectivity index (χ0v) is 55.2. The van der Waals surface area contributed by atoms with Crippen LogP contribution in [0.3, 0.4) is 0 Å². The van der Waals surface area contributed by atoms with Gasteiger partial charge in [0, 0.05) is 18.8 Å². The predicted octanol–water partition coefficient (Wildman–Crippen LogP) is 3.82. The standard InChI is InChI=1S/C70H84N10O17/c1-10-36-95-69(71,35-34-57(83)84)65(92)77-52(37-55(81)79-80-70(44-24-14-11-15-25-44,45-26-16-12-17-27-45)46-28-18-13-19-29-46)62(89)72-40-56(82)75-53(38-58(85)96-67(4,5)6)63(90)73-42(2)60(87)76-54(39-59(86)97-68(7,8)9)64(91)74-43(3)61(88)78-66(93)94-41-51-49-32-22-20-30-47(49)48-31-21-23-33-50(48)51/h10-33,42-43,51-54,80H,1,34-41,71H2,2-9H3,(H,72,89)(H,73,90)(H,74,91)(H,75,82)(H,76,87)(H,77,92)(H,79,81)(H,83,84)(H,78,88,93)/t42-,43+,52-,53+,54+,69-/m1/s1. The molecule has 5 aromatic rings. The first-order valence-corrected chi connectivity index (χ1v) is 31.2. The maximum absolute atomic E-state index is 14.3. The highest BCUT2D eigenvalue weighted by molar-refractivity contribution is 6.00. The number of carboxylic acid groups (broad SMARTS) is 1.